The minimum absolute atomic E-state index is 0. The van der Waals surface area contributed by atoms with Crippen LogP contribution in [0.3, 0.4) is 0 Å². The van der Waals surface area contributed by atoms with Crippen LogP contribution >= 0.6 is 0 Å². The summed E-state index contributed by atoms with van der Waals surface area (Å²) in [7, 11) is 0. The van der Waals surface area contributed by atoms with Crippen molar-refractivity contribution in [1.82, 2.24) is 0 Å². The van der Waals surface area contributed by atoms with Crippen molar-refractivity contribution in [1.29, 1.82) is 0 Å². The zero-order valence-electron chi connectivity index (χ0n) is 13.9. The molecule has 0 radical (unpaired) electrons. The molecule has 1 aromatic carbocycles. The Labute approximate surface area is 156 Å². The van der Waals surface area contributed by atoms with Crippen LogP contribution in [0.15, 0.2) is 36.4 Å². The first-order valence-electron chi connectivity index (χ1n) is 7.95. The smallest absolute Gasteiger partial charge is 0.462 e. The molecule has 22 heavy (non-hydrogen) atoms. The van der Waals surface area contributed by atoms with E-state index in [4.69, 9.17) is 4.74 Å². The van der Waals surface area contributed by atoms with Crippen molar-refractivity contribution in [3.05, 3.63) is 48.0 Å². The molecule has 0 atom stereocenters. The van der Waals surface area contributed by atoms with Crippen molar-refractivity contribution in [2.75, 3.05) is 6.61 Å². The average Bonchev–Trinajstić information content (AvgIpc) is 2.52. The molecular weight excluding hydrogens is 283 g/mol. The molecule has 114 valence electrons. The van der Waals surface area contributed by atoms with Crippen molar-refractivity contribution in [3.8, 4) is 0 Å². The van der Waals surface area contributed by atoms with Crippen molar-refractivity contribution in [2.24, 2.45) is 5.92 Å². The molecule has 0 bridgehead atoms. The third-order valence-electron chi connectivity index (χ3n) is 4.40. The number of hydrogen-bond acceptors (Lipinski definition) is 2. The van der Waals surface area contributed by atoms with Gasteiger partial charge in [0, 0.05) is 5.57 Å². The van der Waals surface area contributed by atoms with E-state index in [0.29, 0.717) is 12.2 Å². The monoisotopic (exact) mass is 308 g/mol. The van der Waals surface area contributed by atoms with Crippen LogP contribution in [0.4, 0.5) is 0 Å². The molecule has 2 rings (SSSR count). The molecule has 0 aromatic heterocycles. The fraction of sp³-hybridized carbons (Fsp3) is 0.526. The van der Waals surface area contributed by atoms with Crippen molar-refractivity contribution in [2.45, 2.75) is 51.4 Å². The summed E-state index contributed by atoms with van der Waals surface area (Å²) >= 11 is 0. The van der Waals surface area contributed by atoms with E-state index in [1.54, 1.807) is 6.92 Å². The molecule has 0 heterocycles. The van der Waals surface area contributed by atoms with E-state index in [1.165, 1.54) is 37.7 Å². The van der Waals surface area contributed by atoms with E-state index in [2.05, 4.69) is 24.8 Å². The number of hydrogen-bond donors (Lipinski definition) is 0. The summed E-state index contributed by atoms with van der Waals surface area (Å²) in [5, 5.41) is 0. The van der Waals surface area contributed by atoms with Crippen LogP contribution in [-0.2, 0) is 9.53 Å². The average molecular weight is 308 g/mol. The maximum Gasteiger partial charge on any atom is 1.00 e. The number of benzene rings is 1. The standard InChI is InChI=1S/C19H25O2.Na/c1-15(2)19(20)21-14-6-7-16-10-12-18(13-11-16)17-8-4-3-5-9-17;/h4-5,8-9,16,18H,1,6-7,10-14H2,2H3;/q-1;+1. The Morgan fingerprint density at radius 3 is 2.50 bits per heavy atom. The SMILES string of the molecule is C=C(C)C(=O)OCCCC1CCC(c2cc[c-]cc2)CC1.[Na+]. The van der Waals surface area contributed by atoms with Crippen molar-refractivity contribution in [3.63, 3.8) is 0 Å². The van der Waals surface area contributed by atoms with E-state index in [0.717, 1.165) is 18.3 Å². The van der Waals surface area contributed by atoms with Gasteiger partial charge in [0.2, 0.25) is 0 Å². The fourth-order valence-electron chi connectivity index (χ4n) is 3.12. The number of rotatable bonds is 6. The Morgan fingerprint density at radius 1 is 1.27 bits per heavy atom. The van der Waals surface area contributed by atoms with Crippen LogP contribution in [0.2, 0.25) is 0 Å². The van der Waals surface area contributed by atoms with Crippen LogP contribution < -0.4 is 29.6 Å². The maximum atomic E-state index is 11.3. The molecule has 3 heteroatoms. The van der Waals surface area contributed by atoms with Gasteiger partial charge in [0.1, 0.15) is 0 Å². The molecule has 0 N–H and O–H groups in total. The summed E-state index contributed by atoms with van der Waals surface area (Å²) in [5.74, 6) is 1.25. The molecule has 0 saturated heterocycles. The number of esters is 1. The molecule has 1 fully saturated rings. The molecule has 1 saturated carbocycles. The summed E-state index contributed by atoms with van der Waals surface area (Å²) in [6.45, 7) is 5.80. The Balaban J connectivity index is 0.00000242. The van der Waals surface area contributed by atoms with Crippen LogP contribution in [0.25, 0.3) is 0 Å². The third-order valence-corrected chi connectivity index (χ3v) is 4.40. The Bertz CT molecular complexity index is 462. The normalized spacial score (nSPS) is 20.8. The van der Waals surface area contributed by atoms with Gasteiger partial charge in [0.25, 0.3) is 0 Å². The zero-order valence-corrected chi connectivity index (χ0v) is 15.9. The Morgan fingerprint density at radius 2 is 1.91 bits per heavy atom. The summed E-state index contributed by atoms with van der Waals surface area (Å²) < 4.78 is 5.14. The second-order valence-corrected chi connectivity index (χ2v) is 6.11. The number of ether oxygens (including phenoxy) is 1. The fourth-order valence-corrected chi connectivity index (χ4v) is 3.12. The second-order valence-electron chi connectivity index (χ2n) is 6.11. The maximum absolute atomic E-state index is 11.3. The van der Waals surface area contributed by atoms with Crippen LogP contribution in [0.5, 0.6) is 0 Å². The first-order chi connectivity index (χ1) is 10.2. The van der Waals surface area contributed by atoms with Gasteiger partial charge in [-0.25, -0.2) is 4.79 Å². The van der Waals surface area contributed by atoms with Gasteiger partial charge in [-0.3, -0.25) is 0 Å². The van der Waals surface area contributed by atoms with Gasteiger partial charge in [0.05, 0.1) is 6.61 Å². The molecule has 2 nitrogen and oxygen atoms in total. The predicted molar refractivity (Wildman–Crippen MR) is 85.0 cm³/mol. The minimum atomic E-state index is -0.264. The summed E-state index contributed by atoms with van der Waals surface area (Å²) in [5.41, 5.74) is 1.94. The molecule has 0 aliphatic heterocycles. The molecular formula is C19H25NaO2. The summed E-state index contributed by atoms with van der Waals surface area (Å²) in [6.07, 6.45) is 7.27. The van der Waals surface area contributed by atoms with E-state index < -0.39 is 0 Å². The first kappa shape index (κ1) is 19.5. The third kappa shape index (κ3) is 6.28. The topological polar surface area (TPSA) is 26.3 Å². The van der Waals surface area contributed by atoms with Gasteiger partial charge in [-0.2, -0.15) is 35.9 Å². The van der Waals surface area contributed by atoms with E-state index in [-0.39, 0.29) is 35.5 Å². The van der Waals surface area contributed by atoms with Gasteiger partial charge in [-0.05, 0) is 57.3 Å². The van der Waals surface area contributed by atoms with Gasteiger partial charge in [-0.15, -0.1) is 0 Å². The molecule has 0 unspecified atom stereocenters. The van der Waals surface area contributed by atoms with Crippen LogP contribution in [0, 0.1) is 12.0 Å². The Hall–Kier alpha value is -0.570. The minimum Gasteiger partial charge on any atom is -0.462 e. The van der Waals surface area contributed by atoms with Gasteiger partial charge >= 0.3 is 35.5 Å². The first-order valence-corrected chi connectivity index (χ1v) is 7.95. The zero-order chi connectivity index (χ0) is 15.1. The number of carbonyl (C=O) groups is 1. The Kier molecular flexibility index (Phi) is 9.08. The molecule has 0 amide bonds. The number of carbonyl (C=O) groups excluding carboxylic acids is 1. The summed E-state index contributed by atoms with van der Waals surface area (Å²) in [6, 6.07) is 11.5. The molecule has 1 aromatic rings. The summed E-state index contributed by atoms with van der Waals surface area (Å²) in [4.78, 5) is 11.3. The van der Waals surface area contributed by atoms with Gasteiger partial charge in [0.15, 0.2) is 0 Å². The van der Waals surface area contributed by atoms with Crippen molar-refractivity contribution >= 4 is 5.97 Å². The molecule has 1 aliphatic carbocycles. The van der Waals surface area contributed by atoms with Gasteiger partial charge < -0.3 is 4.74 Å². The van der Waals surface area contributed by atoms with Gasteiger partial charge in [-0.1, -0.05) is 6.58 Å². The predicted octanol–water partition coefficient (Wildman–Crippen LogP) is 1.66. The van der Waals surface area contributed by atoms with E-state index >= 15 is 0 Å². The second kappa shape index (κ2) is 10.3. The van der Waals surface area contributed by atoms with E-state index in [9.17, 15) is 4.79 Å². The van der Waals surface area contributed by atoms with Crippen LogP contribution in [-0.4, -0.2) is 12.6 Å². The van der Waals surface area contributed by atoms with Crippen LogP contribution in [0.1, 0.15) is 56.9 Å². The van der Waals surface area contributed by atoms with E-state index in [1.807, 2.05) is 12.1 Å². The van der Waals surface area contributed by atoms with Crippen molar-refractivity contribution < 1.29 is 39.1 Å². The quantitative estimate of drug-likeness (QED) is 0.263. The largest absolute Gasteiger partial charge is 1.00 e. The molecule has 0 spiro atoms. The molecule has 1 aliphatic rings.